The van der Waals surface area contributed by atoms with Gasteiger partial charge in [0, 0.05) is 13.5 Å². The molecule has 11 heavy (non-hydrogen) atoms. The fourth-order valence-corrected chi connectivity index (χ4v) is 0.790. The second kappa shape index (κ2) is 3.98. The molecular weight excluding hydrogens is 140 g/mol. The molecule has 0 amide bonds. The molecule has 0 aliphatic rings. The Morgan fingerprint density at radius 1 is 1.36 bits per heavy atom. The highest BCUT2D eigenvalue weighted by Crippen LogP contribution is 2.10. The molecule has 1 aromatic rings. The molecule has 0 saturated heterocycles. The predicted octanol–water partition coefficient (Wildman–Crippen LogP) is 1.59. The summed E-state index contributed by atoms with van der Waals surface area (Å²) in [5.74, 6) is 0.291. The molecule has 0 unspecified atom stereocenters. The number of hydrogen-bond acceptors (Lipinski definition) is 2. The van der Waals surface area contributed by atoms with Gasteiger partial charge in [-0.2, -0.15) is 0 Å². The number of aromatic hydroxyl groups is 1. The highest BCUT2D eigenvalue weighted by molar-refractivity contribution is 5.30. The van der Waals surface area contributed by atoms with Crippen LogP contribution >= 0.6 is 0 Å². The van der Waals surface area contributed by atoms with Crippen LogP contribution in [0.15, 0.2) is 24.3 Å². The van der Waals surface area contributed by atoms with Crippen molar-refractivity contribution in [1.29, 1.82) is 0 Å². The lowest BCUT2D eigenvalue weighted by Gasteiger charge is -1.98. The predicted molar refractivity (Wildman–Crippen MR) is 43.4 cm³/mol. The van der Waals surface area contributed by atoms with E-state index in [4.69, 9.17) is 9.84 Å². The van der Waals surface area contributed by atoms with Crippen molar-refractivity contribution in [3.05, 3.63) is 36.2 Å². The zero-order valence-corrected chi connectivity index (χ0v) is 6.45. The molecule has 0 spiro atoms. The first kappa shape index (κ1) is 8.08. The van der Waals surface area contributed by atoms with Crippen molar-refractivity contribution in [2.24, 2.45) is 0 Å². The second-order valence-electron chi connectivity index (χ2n) is 2.25. The smallest absolute Gasteiger partial charge is 0.115 e. The van der Waals surface area contributed by atoms with Crippen LogP contribution in [0.4, 0.5) is 0 Å². The minimum absolute atomic E-state index is 0.291. The first-order chi connectivity index (χ1) is 5.33. The minimum atomic E-state index is 0.291. The van der Waals surface area contributed by atoms with E-state index in [0.29, 0.717) is 12.4 Å². The largest absolute Gasteiger partial charge is 0.508 e. The van der Waals surface area contributed by atoms with Gasteiger partial charge < -0.3 is 9.84 Å². The van der Waals surface area contributed by atoms with Gasteiger partial charge in [0.2, 0.25) is 0 Å². The van der Waals surface area contributed by atoms with E-state index in [1.807, 2.05) is 18.6 Å². The maximum Gasteiger partial charge on any atom is 0.115 e. The van der Waals surface area contributed by atoms with Crippen molar-refractivity contribution in [2.45, 2.75) is 0 Å². The molecule has 59 valence electrons. The summed E-state index contributed by atoms with van der Waals surface area (Å²) in [6.45, 7) is 0.602. The van der Waals surface area contributed by atoms with Crippen LogP contribution in [0.1, 0.15) is 5.56 Å². The van der Waals surface area contributed by atoms with E-state index < -0.39 is 0 Å². The Kier molecular flexibility index (Phi) is 2.93. The van der Waals surface area contributed by atoms with Crippen LogP contribution in [0.5, 0.6) is 5.75 Å². The Morgan fingerprint density at radius 3 is 2.55 bits per heavy atom. The lowest BCUT2D eigenvalue weighted by molar-refractivity contribution is 0.225. The molecule has 0 aliphatic heterocycles. The lowest BCUT2D eigenvalue weighted by atomic mass is 10.1. The maximum absolute atomic E-state index is 8.94. The standard InChI is InChI=1S/C9H11O2/c1-11-7-6-8-2-4-9(10)5-3-8/h2-6,10H,7H2,1H3. The van der Waals surface area contributed by atoms with Crippen molar-refractivity contribution in [3.8, 4) is 5.75 Å². The molecule has 2 nitrogen and oxygen atoms in total. The first-order valence-electron chi connectivity index (χ1n) is 3.44. The molecule has 1 N–H and O–H groups in total. The number of methoxy groups -OCH3 is 1. The number of rotatable bonds is 3. The Labute approximate surface area is 66.4 Å². The van der Waals surface area contributed by atoms with E-state index in [1.54, 1.807) is 19.2 Å². The number of hydrogen-bond donors (Lipinski definition) is 1. The third-order valence-electron chi connectivity index (χ3n) is 1.38. The molecule has 0 heterocycles. The van der Waals surface area contributed by atoms with Gasteiger partial charge in [0.25, 0.3) is 0 Å². The minimum Gasteiger partial charge on any atom is -0.508 e. The highest BCUT2D eigenvalue weighted by Gasteiger charge is 1.91. The zero-order valence-electron chi connectivity index (χ0n) is 6.45. The lowest BCUT2D eigenvalue weighted by Crippen LogP contribution is -1.90. The molecular formula is C9H11O2. The van der Waals surface area contributed by atoms with Crippen molar-refractivity contribution >= 4 is 0 Å². The second-order valence-corrected chi connectivity index (χ2v) is 2.25. The average Bonchev–Trinajstić information content (AvgIpc) is 2.04. The Morgan fingerprint density at radius 2 is 2.00 bits per heavy atom. The first-order valence-corrected chi connectivity index (χ1v) is 3.44. The number of phenols is 1. The summed E-state index contributed by atoms with van der Waals surface area (Å²) >= 11 is 0. The molecule has 0 aliphatic carbocycles. The van der Waals surface area contributed by atoms with Crippen LogP contribution in [-0.4, -0.2) is 18.8 Å². The SMILES string of the molecule is COC[CH]c1ccc(O)cc1. The average molecular weight is 151 g/mol. The summed E-state index contributed by atoms with van der Waals surface area (Å²) in [6, 6.07) is 6.99. The van der Waals surface area contributed by atoms with E-state index >= 15 is 0 Å². The fraction of sp³-hybridized carbons (Fsp3) is 0.222. The molecule has 1 aromatic carbocycles. The third-order valence-corrected chi connectivity index (χ3v) is 1.38. The summed E-state index contributed by atoms with van der Waals surface area (Å²) in [5.41, 5.74) is 1.06. The summed E-state index contributed by atoms with van der Waals surface area (Å²) in [7, 11) is 1.65. The van der Waals surface area contributed by atoms with E-state index in [9.17, 15) is 0 Å². The van der Waals surface area contributed by atoms with Crippen molar-refractivity contribution < 1.29 is 9.84 Å². The molecule has 0 bridgehead atoms. The Hall–Kier alpha value is -1.02. The third kappa shape index (κ3) is 2.60. The van der Waals surface area contributed by atoms with E-state index in [-0.39, 0.29) is 0 Å². The molecule has 0 fully saturated rings. The van der Waals surface area contributed by atoms with E-state index in [2.05, 4.69) is 0 Å². The van der Waals surface area contributed by atoms with Crippen LogP contribution in [0, 0.1) is 6.42 Å². The molecule has 0 saturated carbocycles. The van der Waals surface area contributed by atoms with Gasteiger partial charge in [-0.3, -0.25) is 0 Å². The van der Waals surface area contributed by atoms with Gasteiger partial charge in [0.15, 0.2) is 0 Å². The van der Waals surface area contributed by atoms with Gasteiger partial charge in [-0.1, -0.05) is 12.1 Å². The summed E-state index contributed by atoms with van der Waals surface area (Å²) in [5, 5.41) is 8.94. The van der Waals surface area contributed by atoms with Crippen molar-refractivity contribution in [1.82, 2.24) is 0 Å². The van der Waals surface area contributed by atoms with Gasteiger partial charge in [-0.15, -0.1) is 0 Å². The monoisotopic (exact) mass is 151 g/mol. The normalized spacial score (nSPS) is 9.91. The zero-order chi connectivity index (χ0) is 8.10. The molecule has 1 rings (SSSR count). The van der Waals surface area contributed by atoms with Crippen LogP contribution in [0.3, 0.4) is 0 Å². The Bertz CT molecular complexity index is 203. The molecule has 2 heteroatoms. The molecule has 0 aromatic heterocycles. The number of ether oxygens (including phenoxy) is 1. The van der Waals surface area contributed by atoms with E-state index in [1.165, 1.54) is 0 Å². The quantitative estimate of drug-likeness (QED) is 0.710. The molecule has 0 atom stereocenters. The maximum atomic E-state index is 8.94. The van der Waals surface area contributed by atoms with Crippen molar-refractivity contribution in [3.63, 3.8) is 0 Å². The van der Waals surface area contributed by atoms with Gasteiger partial charge >= 0.3 is 0 Å². The fourth-order valence-electron chi connectivity index (χ4n) is 0.790. The summed E-state index contributed by atoms with van der Waals surface area (Å²) in [6.07, 6.45) is 1.94. The Balaban J connectivity index is 2.52. The van der Waals surface area contributed by atoms with Gasteiger partial charge in [-0.25, -0.2) is 0 Å². The van der Waals surface area contributed by atoms with Crippen LogP contribution < -0.4 is 0 Å². The van der Waals surface area contributed by atoms with Gasteiger partial charge in [0.05, 0.1) is 6.61 Å². The highest BCUT2D eigenvalue weighted by atomic mass is 16.5. The molecule has 1 radical (unpaired) electrons. The summed E-state index contributed by atoms with van der Waals surface area (Å²) in [4.78, 5) is 0. The van der Waals surface area contributed by atoms with E-state index in [0.717, 1.165) is 5.56 Å². The van der Waals surface area contributed by atoms with Gasteiger partial charge in [-0.05, 0) is 17.7 Å². The number of benzene rings is 1. The van der Waals surface area contributed by atoms with Crippen LogP contribution in [0.2, 0.25) is 0 Å². The van der Waals surface area contributed by atoms with Crippen LogP contribution in [0.25, 0.3) is 0 Å². The topological polar surface area (TPSA) is 29.5 Å². The summed E-state index contributed by atoms with van der Waals surface area (Å²) < 4.78 is 4.86. The number of phenolic OH excluding ortho intramolecular Hbond substituents is 1. The van der Waals surface area contributed by atoms with Crippen molar-refractivity contribution in [2.75, 3.05) is 13.7 Å². The van der Waals surface area contributed by atoms with Gasteiger partial charge in [0.1, 0.15) is 5.75 Å². The van der Waals surface area contributed by atoms with Crippen LogP contribution in [-0.2, 0) is 4.74 Å².